The first-order chi connectivity index (χ1) is 8.70. The molecule has 2 rings (SSSR count). The summed E-state index contributed by atoms with van der Waals surface area (Å²) in [4.78, 5) is 19.4. The van der Waals surface area contributed by atoms with E-state index in [1.165, 1.54) is 18.6 Å². The van der Waals surface area contributed by atoms with E-state index in [1.807, 2.05) is 0 Å². The summed E-state index contributed by atoms with van der Waals surface area (Å²) in [5, 5.41) is 15.9. The second kappa shape index (κ2) is 5.85. The Morgan fingerprint density at radius 3 is 3.28 bits per heavy atom. The lowest BCUT2D eigenvalue weighted by Crippen LogP contribution is -2.51. The first kappa shape index (κ1) is 12.9. The third kappa shape index (κ3) is 3.46. The lowest BCUT2D eigenvalue weighted by Gasteiger charge is -2.25. The summed E-state index contributed by atoms with van der Waals surface area (Å²) in [5.74, 6) is -0.360. The molecule has 7 heteroatoms. The number of β-amino-alcohol motifs (C(OH)–C–C–N with tert-alkyl or cyclic N) is 1. The number of hydrogen-bond donors (Lipinski definition) is 3. The predicted octanol–water partition coefficient (Wildman–Crippen LogP) is -1.44. The third-order valence-corrected chi connectivity index (χ3v) is 2.62. The number of nitrogens with zero attached hydrogens (tertiary/aromatic N) is 2. The summed E-state index contributed by atoms with van der Waals surface area (Å²) in [5.41, 5.74) is -0.863. The molecule has 98 valence electrons. The van der Waals surface area contributed by atoms with E-state index < -0.39 is 5.60 Å². The van der Waals surface area contributed by atoms with Crippen LogP contribution in [-0.2, 0) is 4.74 Å². The molecule has 3 N–H and O–H groups in total. The van der Waals surface area contributed by atoms with Crippen molar-refractivity contribution in [3.8, 4) is 0 Å². The van der Waals surface area contributed by atoms with Gasteiger partial charge >= 0.3 is 0 Å². The number of carbonyl (C=O) groups excluding carboxylic acids is 1. The first-order valence-corrected chi connectivity index (χ1v) is 5.75. The number of aromatic nitrogens is 2. The van der Waals surface area contributed by atoms with Gasteiger partial charge in [0.15, 0.2) is 0 Å². The second-order valence-corrected chi connectivity index (χ2v) is 4.23. The van der Waals surface area contributed by atoms with Crippen molar-refractivity contribution in [3.05, 3.63) is 24.3 Å². The zero-order valence-corrected chi connectivity index (χ0v) is 9.93. The minimum Gasteiger partial charge on any atom is -0.384 e. The number of amides is 1. The fourth-order valence-corrected chi connectivity index (χ4v) is 1.64. The van der Waals surface area contributed by atoms with Crippen LogP contribution in [0.1, 0.15) is 10.5 Å². The summed E-state index contributed by atoms with van der Waals surface area (Å²) in [7, 11) is 0. The van der Waals surface area contributed by atoms with Crippen LogP contribution in [-0.4, -0.2) is 59.4 Å². The van der Waals surface area contributed by atoms with E-state index in [2.05, 4.69) is 20.6 Å². The molecule has 1 amide bonds. The first-order valence-electron chi connectivity index (χ1n) is 5.75. The fraction of sp³-hybridized carbons (Fsp3) is 0.545. The van der Waals surface area contributed by atoms with Crippen molar-refractivity contribution in [2.24, 2.45) is 0 Å². The van der Waals surface area contributed by atoms with Crippen molar-refractivity contribution in [2.75, 3.05) is 32.8 Å². The highest BCUT2D eigenvalue weighted by Gasteiger charge is 2.29. The van der Waals surface area contributed by atoms with E-state index in [9.17, 15) is 9.90 Å². The molecule has 0 saturated carbocycles. The predicted molar refractivity (Wildman–Crippen MR) is 63.0 cm³/mol. The molecule has 1 aromatic heterocycles. The Morgan fingerprint density at radius 1 is 1.61 bits per heavy atom. The number of carbonyl (C=O) groups is 1. The molecule has 0 spiro atoms. The topological polar surface area (TPSA) is 96.4 Å². The van der Waals surface area contributed by atoms with Gasteiger partial charge in [0.05, 0.1) is 26.0 Å². The van der Waals surface area contributed by atoms with Crippen LogP contribution in [0.5, 0.6) is 0 Å². The van der Waals surface area contributed by atoms with Gasteiger partial charge in [-0.2, -0.15) is 0 Å². The van der Waals surface area contributed by atoms with Gasteiger partial charge in [0.2, 0.25) is 0 Å². The zero-order chi connectivity index (χ0) is 12.8. The van der Waals surface area contributed by atoms with Crippen LogP contribution >= 0.6 is 0 Å². The molecule has 0 aromatic carbocycles. The highest BCUT2D eigenvalue weighted by Crippen LogP contribution is 2.05. The molecule has 1 fully saturated rings. The molecule has 0 radical (unpaired) electrons. The minimum absolute atomic E-state index is 0.107. The Balaban J connectivity index is 1.88. The zero-order valence-electron chi connectivity index (χ0n) is 9.93. The van der Waals surface area contributed by atoms with Gasteiger partial charge in [-0.3, -0.25) is 9.78 Å². The molecule has 2 heterocycles. The maximum Gasteiger partial charge on any atom is 0.271 e. The molecule has 18 heavy (non-hydrogen) atoms. The monoisotopic (exact) mass is 252 g/mol. The molecular formula is C11H16N4O3. The summed E-state index contributed by atoms with van der Waals surface area (Å²) >= 11 is 0. The number of nitrogens with one attached hydrogen (secondary N) is 2. The van der Waals surface area contributed by atoms with Crippen LogP contribution in [0.2, 0.25) is 0 Å². The molecule has 7 nitrogen and oxygen atoms in total. The van der Waals surface area contributed by atoms with E-state index in [-0.39, 0.29) is 24.8 Å². The third-order valence-electron chi connectivity index (χ3n) is 2.62. The molecule has 1 aliphatic rings. The number of ether oxygens (including phenoxy) is 1. The van der Waals surface area contributed by atoms with E-state index in [0.717, 1.165) is 0 Å². The highest BCUT2D eigenvalue weighted by atomic mass is 16.5. The molecule has 0 bridgehead atoms. The Labute approximate surface area is 105 Å². The van der Waals surface area contributed by atoms with Crippen molar-refractivity contribution < 1.29 is 14.6 Å². The summed E-state index contributed by atoms with van der Waals surface area (Å²) in [6.45, 7) is 1.94. The standard InChI is InChI=1S/C11H16N4O3/c16-10(9-5-12-1-2-14-9)15-7-11(17)6-13-3-4-18-8-11/h1-2,5,13,17H,3-4,6-8H2,(H,15,16)/t11-/m0/s1. The van der Waals surface area contributed by atoms with Crippen LogP contribution in [0, 0.1) is 0 Å². The van der Waals surface area contributed by atoms with E-state index in [0.29, 0.717) is 19.7 Å². The van der Waals surface area contributed by atoms with Gasteiger partial charge in [0.25, 0.3) is 5.91 Å². The van der Waals surface area contributed by atoms with Crippen molar-refractivity contribution in [1.29, 1.82) is 0 Å². The Kier molecular flexibility index (Phi) is 4.19. The van der Waals surface area contributed by atoms with Crippen LogP contribution in [0.4, 0.5) is 0 Å². The summed E-state index contributed by atoms with van der Waals surface area (Å²) in [6, 6.07) is 0. The van der Waals surface area contributed by atoms with Crippen molar-refractivity contribution in [2.45, 2.75) is 5.60 Å². The second-order valence-electron chi connectivity index (χ2n) is 4.23. The Bertz CT molecular complexity index is 391. The summed E-state index contributed by atoms with van der Waals surface area (Å²) in [6.07, 6.45) is 4.31. The average molecular weight is 252 g/mol. The molecule has 1 aliphatic heterocycles. The molecular weight excluding hydrogens is 236 g/mol. The van der Waals surface area contributed by atoms with Gasteiger partial charge in [-0.25, -0.2) is 4.98 Å². The Hall–Kier alpha value is -1.57. The molecule has 0 aliphatic carbocycles. The Morgan fingerprint density at radius 2 is 2.50 bits per heavy atom. The lowest BCUT2D eigenvalue weighted by atomic mass is 10.1. The minimum atomic E-state index is -1.09. The van der Waals surface area contributed by atoms with Crippen LogP contribution in [0.15, 0.2) is 18.6 Å². The van der Waals surface area contributed by atoms with Crippen LogP contribution < -0.4 is 10.6 Å². The maximum atomic E-state index is 11.7. The SMILES string of the molecule is O=C(NC[C@@]1(O)CNCCOC1)c1cnccn1. The summed E-state index contributed by atoms with van der Waals surface area (Å²) < 4.78 is 5.26. The number of aliphatic hydroxyl groups is 1. The van der Waals surface area contributed by atoms with Crippen molar-refractivity contribution in [1.82, 2.24) is 20.6 Å². The fourth-order valence-electron chi connectivity index (χ4n) is 1.64. The molecule has 0 unspecified atom stereocenters. The number of hydrogen-bond acceptors (Lipinski definition) is 6. The van der Waals surface area contributed by atoms with Gasteiger partial charge in [0.1, 0.15) is 11.3 Å². The maximum absolute atomic E-state index is 11.7. The van der Waals surface area contributed by atoms with E-state index in [4.69, 9.17) is 4.74 Å². The smallest absolute Gasteiger partial charge is 0.271 e. The molecule has 1 saturated heterocycles. The number of rotatable bonds is 3. The van der Waals surface area contributed by atoms with Gasteiger partial charge in [-0.15, -0.1) is 0 Å². The van der Waals surface area contributed by atoms with E-state index in [1.54, 1.807) is 0 Å². The van der Waals surface area contributed by atoms with Crippen LogP contribution in [0.25, 0.3) is 0 Å². The van der Waals surface area contributed by atoms with Crippen LogP contribution in [0.3, 0.4) is 0 Å². The largest absolute Gasteiger partial charge is 0.384 e. The van der Waals surface area contributed by atoms with Crippen molar-refractivity contribution in [3.63, 3.8) is 0 Å². The van der Waals surface area contributed by atoms with Gasteiger partial charge in [-0.05, 0) is 0 Å². The van der Waals surface area contributed by atoms with E-state index >= 15 is 0 Å². The van der Waals surface area contributed by atoms with Gasteiger partial charge in [-0.1, -0.05) is 0 Å². The van der Waals surface area contributed by atoms with Gasteiger partial charge < -0.3 is 20.5 Å². The van der Waals surface area contributed by atoms with Crippen molar-refractivity contribution >= 4 is 5.91 Å². The normalized spacial score (nSPS) is 24.3. The molecule has 1 atom stereocenters. The average Bonchev–Trinajstić information content (AvgIpc) is 2.62. The quantitative estimate of drug-likeness (QED) is 0.609. The highest BCUT2D eigenvalue weighted by molar-refractivity contribution is 5.91. The molecule has 1 aromatic rings. The van der Waals surface area contributed by atoms with Gasteiger partial charge in [0, 0.05) is 25.5 Å². The lowest BCUT2D eigenvalue weighted by molar-refractivity contribution is -0.0253.